The van der Waals surface area contributed by atoms with E-state index in [1.165, 1.54) is 5.56 Å². The SMILES string of the molecule is Cl.Oc1ccc2c3c1O[C@H]1[C@@H](O)CC[C@@]4(O)[C@@H](C2)N(CCc2ccccc2)CC[C@]314. The fraction of sp³-hybridized carbons (Fsp3) is 0.500. The normalized spacial score (nSPS) is 35.9. The number of piperidine rings is 1. The number of hydrogen-bond acceptors (Lipinski definition) is 5. The maximum Gasteiger partial charge on any atom is 0.165 e. The fourth-order valence-electron chi connectivity index (χ4n) is 6.79. The minimum atomic E-state index is -0.947. The van der Waals surface area contributed by atoms with Gasteiger partial charge in [0.15, 0.2) is 11.5 Å². The van der Waals surface area contributed by atoms with Gasteiger partial charge in [0.1, 0.15) is 6.10 Å². The number of phenolic OH excluding ortho intramolecular Hbond substituents is 1. The minimum Gasteiger partial charge on any atom is -0.504 e. The van der Waals surface area contributed by atoms with Crippen LogP contribution in [0.4, 0.5) is 0 Å². The zero-order valence-corrected chi connectivity index (χ0v) is 17.6. The van der Waals surface area contributed by atoms with Crippen LogP contribution < -0.4 is 4.74 Å². The number of hydrogen-bond donors (Lipinski definition) is 3. The molecule has 4 aliphatic rings. The van der Waals surface area contributed by atoms with Gasteiger partial charge in [0.2, 0.25) is 0 Å². The Hall–Kier alpha value is -1.79. The second kappa shape index (κ2) is 6.86. The maximum atomic E-state index is 12.2. The minimum absolute atomic E-state index is 0. The van der Waals surface area contributed by atoms with Gasteiger partial charge < -0.3 is 20.1 Å². The van der Waals surface area contributed by atoms with E-state index in [0.717, 1.165) is 43.5 Å². The summed E-state index contributed by atoms with van der Waals surface area (Å²) >= 11 is 0. The molecule has 3 N–H and O–H groups in total. The molecule has 2 bridgehead atoms. The first-order valence-corrected chi connectivity index (χ1v) is 10.7. The summed E-state index contributed by atoms with van der Waals surface area (Å²) in [7, 11) is 0. The van der Waals surface area contributed by atoms with E-state index in [2.05, 4.69) is 29.2 Å². The lowest BCUT2D eigenvalue weighted by molar-refractivity contribution is -0.207. The second-order valence-corrected chi connectivity index (χ2v) is 9.23. The molecule has 6 rings (SSSR count). The van der Waals surface area contributed by atoms with E-state index in [1.54, 1.807) is 6.07 Å². The number of halogens is 1. The average Bonchev–Trinajstić information content (AvgIpc) is 3.09. The summed E-state index contributed by atoms with van der Waals surface area (Å²) in [5.74, 6) is 0.607. The molecule has 0 radical (unpaired) electrons. The van der Waals surface area contributed by atoms with Crippen molar-refractivity contribution < 1.29 is 20.1 Å². The molecule has 0 amide bonds. The summed E-state index contributed by atoms with van der Waals surface area (Å²) < 4.78 is 6.17. The summed E-state index contributed by atoms with van der Waals surface area (Å²) in [6.45, 7) is 1.77. The van der Waals surface area contributed by atoms with Gasteiger partial charge in [-0.25, -0.2) is 0 Å². The summed E-state index contributed by atoms with van der Waals surface area (Å²) in [5, 5.41) is 33.4. The van der Waals surface area contributed by atoms with Crippen molar-refractivity contribution in [1.29, 1.82) is 0 Å². The van der Waals surface area contributed by atoms with Crippen LogP contribution in [0, 0.1) is 0 Å². The second-order valence-electron chi connectivity index (χ2n) is 9.23. The van der Waals surface area contributed by atoms with E-state index in [9.17, 15) is 15.3 Å². The van der Waals surface area contributed by atoms with Crippen LogP contribution >= 0.6 is 12.4 Å². The number of rotatable bonds is 3. The van der Waals surface area contributed by atoms with E-state index in [-0.39, 0.29) is 24.2 Å². The van der Waals surface area contributed by atoms with Gasteiger partial charge in [-0.1, -0.05) is 36.4 Å². The van der Waals surface area contributed by atoms with E-state index >= 15 is 0 Å². The highest BCUT2D eigenvalue weighted by Gasteiger charge is 2.72. The lowest BCUT2D eigenvalue weighted by atomic mass is 9.48. The number of nitrogens with zero attached hydrogens (tertiary/aromatic N) is 1. The molecule has 0 aromatic heterocycles. The van der Waals surface area contributed by atoms with Gasteiger partial charge in [-0.15, -0.1) is 12.4 Å². The van der Waals surface area contributed by atoms with Gasteiger partial charge in [-0.3, -0.25) is 4.90 Å². The topological polar surface area (TPSA) is 73.2 Å². The molecule has 2 aromatic rings. The lowest BCUT2D eigenvalue weighted by Gasteiger charge is -2.63. The molecular weight excluding hydrogens is 402 g/mol. The molecule has 2 aliphatic carbocycles. The van der Waals surface area contributed by atoms with Crippen molar-refractivity contribution in [3.63, 3.8) is 0 Å². The third-order valence-electron chi connectivity index (χ3n) is 8.07. The zero-order valence-electron chi connectivity index (χ0n) is 16.8. The van der Waals surface area contributed by atoms with Crippen LogP contribution in [0.5, 0.6) is 11.5 Å². The molecule has 5 nitrogen and oxygen atoms in total. The Kier molecular flexibility index (Phi) is 4.60. The smallest absolute Gasteiger partial charge is 0.165 e. The highest BCUT2D eigenvalue weighted by Crippen LogP contribution is 2.65. The summed E-state index contributed by atoms with van der Waals surface area (Å²) in [6, 6.07) is 14.2. The quantitative estimate of drug-likeness (QED) is 0.699. The van der Waals surface area contributed by atoms with Crippen molar-refractivity contribution in [3.8, 4) is 11.5 Å². The van der Waals surface area contributed by atoms with Crippen molar-refractivity contribution in [3.05, 3.63) is 59.2 Å². The fourth-order valence-corrected chi connectivity index (χ4v) is 6.79. The van der Waals surface area contributed by atoms with Gasteiger partial charge in [-0.2, -0.15) is 0 Å². The van der Waals surface area contributed by atoms with E-state index < -0.39 is 23.2 Å². The Morgan fingerprint density at radius 3 is 2.70 bits per heavy atom. The van der Waals surface area contributed by atoms with Crippen LogP contribution in [0.25, 0.3) is 0 Å². The van der Waals surface area contributed by atoms with Crippen molar-refractivity contribution >= 4 is 12.4 Å². The van der Waals surface area contributed by atoms with Gasteiger partial charge >= 0.3 is 0 Å². The first kappa shape index (κ1) is 20.1. The molecule has 1 saturated carbocycles. The predicted molar refractivity (Wildman–Crippen MR) is 115 cm³/mol. The molecule has 1 saturated heterocycles. The summed E-state index contributed by atoms with van der Waals surface area (Å²) in [6.07, 6.45) is 2.43. The largest absolute Gasteiger partial charge is 0.504 e. The monoisotopic (exact) mass is 429 g/mol. The van der Waals surface area contributed by atoms with E-state index in [1.807, 2.05) is 12.1 Å². The highest BCUT2D eigenvalue weighted by molar-refractivity contribution is 5.85. The van der Waals surface area contributed by atoms with Gasteiger partial charge in [0.25, 0.3) is 0 Å². The highest BCUT2D eigenvalue weighted by atomic mass is 35.5. The summed E-state index contributed by atoms with van der Waals surface area (Å²) in [5.41, 5.74) is 1.85. The number of aromatic hydroxyl groups is 1. The number of aliphatic hydroxyl groups is 2. The number of benzene rings is 2. The van der Waals surface area contributed by atoms with E-state index in [0.29, 0.717) is 18.6 Å². The Morgan fingerprint density at radius 2 is 1.90 bits per heavy atom. The Bertz CT molecular complexity index is 969. The van der Waals surface area contributed by atoms with Gasteiger partial charge in [0, 0.05) is 18.2 Å². The Morgan fingerprint density at radius 1 is 1.10 bits per heavy atom. The molecule has 30 heavy (non-hydrogen) atoms. The first-order chi connectivity index (χ1) is 14.0. The van der Waals surface area contributed by atoms with Crippen molar-refractivity contribution in [1.82, 2.24) is 4.90 Å². The first-order valence-electron chi connectivity index (χ1n) is 10.7. The Balaban J connectivity index is 0.00000193. The number of phenols is 1. The predicted octanol–water partition coefficient (Wildman–Crippen LogP) is 2.57. The van der Waals surface area contributed by atoms with Crippen LogP contribution in [0.1, 0.15) is 36.0 Å². The van der Waals surface area contributed by atoms with Crippen LogP contribution in [-0.4, -0.2) is 57.2 Å². The average molecular weight is 430 g/mol. The van der Waals surface area contributed by atoms with Gasteiger partial charge in [-0.05, 0) is 55.8 Å². The Labute approximate surface area is 182 Å². The molecule has 160 valence electrons. The zero-order chi connectivity index (χ0) is 19.8. The van der Waals surface area contributed by atoms with Crippen LogP contribution in [0.3, 0.4) is 0 Å². The van der Waals surface area contributed by atoms with Crippen LogP contribution in [0.2, 0.25) is 0 Å². The molecule has 2 heterocycles. The maximum absolute atomic E-state index is 12.2. The summed E-state index contributed by atoms with van der Waals surface area (Å²) in [4.78, 5) is 2.45. The standard InChI is InChI=1S/C24H27NO4.ClH/c26-17-7-6-16-14-19-24(28)10-8-18(27)22-23(24,20(16)21(17)29-22)11-13-25(19)12-9-15-4-2-1-3-5-15;/h1-7,18-19,22,26-28H,8-14H2;1H/t18-,19+,22-,23-,24+;/m0./s1. The molecule has 5 atom stereocenters. The number of aliphatic hydroxyl groups excluding tert-OH is 1. The number of ether oxygens (including phenoxy) is 1. The van der Waals surface area contributed by atoms with Crippen molar-refractivity contribution in [2.24, 2.45) is 0 Å². The van der Waals surface area contributed by atoms with Gasteiger partial charge in [0.05, 0.1) is 17.1 Å². The molecule has 2 fully saturated rings. The molecule has 2 aliphatic heterocycles. The molecule has 0 unspecified atom stereocenters. The molecule has 6 heteroatoms. The number of likely N-dealkylation sites (tertiary alicyclic amines) is 1. The van der Waals surface area contributed by atoms with Crippen LogP contribution in [0.15, 0.2) is 42.5 Å². The molecular formula is C24H28ClNO4. The van der Waals surface area contributed by atoms with Crippen molar-refractivity contribution in [2.45, 2.75) is 61.4 Å². The third-order valence-corrected chi connectivity index (χ3v) is 8.07. The van der Waals surface area contributed by atoms with E-state index in [4.69, 9.17) is 4.74 Å². The molecule has 2 aromatic carbocycles. The third kappa shape index (κ3) is 2.41. The van der Waals surface area contributed by atoms with Crippen LogP contribution in [-0.2, 0) is 18.3 Å². The molecule has 1 spiro atoms. The lowest BCUT2D eigenvalue weighted by Crippen LogP contribution is -2.77. The van der Waals surface area contributed by atoms with Crippen molar-refractivity contribution in [2.75, 3.05) is 13.1 Å².